The van der Waals surface area contributed by atoms with Crippen molar-refractivity contribution in [3.05, 3.63) is 36.0 Å². The number of ether oxygens (including phenoxy) is 2. The van der Waals surface area contributed by atoms with Crippen molar-refractivity contribution < 1.29 is 18.7 Å². The van der Waals surface area contributed by atoms with Crippen LogP contribution in [0.5, 0.6) is 5.88 Å². The number of pyridine rings is 1. The van der Waals surface area contributed by atoms with Crippen molar-refractivity contribution in [1.82, 2.24) is 9.88 Å². The first-order chi connectivity index (χ1) is 9.72. The number of rotatable bonds is 3. The molecule has 1 amide bonds. The molecule has 106 valence electrons. The van der Waals surface area contributed by atoms with Crippen LogP contribution in [0.2, 0.25) is 0 Å². The number of halogens is 1. The molecule has 0 aliphatic carbocycles. The van der Waals surface area contributed by atoms with Crippen molar-refractivity contribution in [3.8, 4) is 5.88 Å². The zero-order valence-corrected chi connectivity index (χ0v) is 10.9. The molecular weight excluding hydrogens is 263 g/mol. The van der Waals surface area contributed by atoms with Gasteiger partial charge in [-0.05, 0) is 6.07 Å². The minimum atomic E-state index is -0.568. The molecule has 1 saturated heterocycles. The van der Waals surface area contributed by atoms with Crippen molar-refractivity contribution in [2.24, 2.45) is 0 Å². The summed E-state index contributed by atoms with van der Waals surface area (Å²) in [6.45, 7) is 1.70. The summed E-state index contributed by atoms with van der Waals surface area (Å²) in [7, 11) is 0. The third-order valence-electron chi connectivity index (χ3n) is 3.40. The Morgan fingerprint density at radius 3 is 3.15 bits per heavy atom. The lowest BCUT2D eigenvalue weighted by Gasteiger charge is -2.16. The highest BCUT2D eigenvalue weighted by Gasteiger charge is 2.30. The van der Waals surface area contributed by atoms with Gasteiger partial charge < -0.3 is 14.4 Å². The minimum Gasteiger partial charge on any atom is -0.500 e. The summed E-state index contributed by atoms with van der Waals surface area (Å²) in [6.07, 6.45) is 2.77. The molecule has 1 aromatic rings. The van der Waals surface area contributed by atoms with Crippen molar-refractivity contribution in [2.45, 2.75) is 18.9 Å². The second-order valence-electron chi connectivity index (χ2n) is 4.84. The van der Waals surface area contributed by atoms with Gasteiger partial charge in [0, 0.05) is 25.5 Å². The summed E-state index contributed by atoms with van der Waals surface area (Å²) < 4.78 is 23.7. The number of carbonyl (C=O) groups excluding carboxylic acids is 1. The van der Waals surface area contributed by atoms with Crippen LogP contribution in [-0.4, -0.2) is 41.6 Å². The zero-order chi connectivity index (χ0) is 13.9. The van der Waals surface area contributed by atoms with Crippen LogP contribution in [0.15, 0.2) is 30.0 Å². The van der Waals surface area contributed by atoms with Gasteiger partial charge in [-0.1, -0.05) is 6.07 Å². The highest BCUT2D eigenvalue weighted by atomic mass is 19.1. The third kappa shape index (κ3) is 2.74. The fourth-order valence-electron chi connectivity index (χ4n) is 2.38. The standard InChI is InChI=1S/C14H15FN2O3/c15-12-2-1-3-13(16-12)20-11-4-6-17(8-11)14(18)10-5-7-19-9-10/h1-3,9,11H,4-8H2. The highest BCUT2D eigenvalue weighted by Crippen LogP contribution is 2.20. The molecular formula is C14H15FN2O3. The Labute approximate surface area is 116 Å². The molecule has 3 heterocycles. The maximum atomic E-state index is 13.0. The summed E-state index contributed by atoms with van der Waals surface area (Å²) in [5.41, 5.74) is 0.703. The van der Waals surface area contributed by atoms with Gasteiger partial charge in [0.05, 0.1) is 25.0 Å². The first-order valence-corrected chi connectivity index (χ1v) is 6.61. The van der Waals surface area contributed by atoms with Gasteiger partial charge in [0.2, 0.25) is 11.8 Å². The molecule has 1 atom stereocenters. The van der Waals surface area contributed by atoms with Gasteiger partial charge in [-0.15, -0.1) is 0 Å². The summed E-state index contributed by atoms with van der Waals surface area (Å²) in [5, 5.41) is 0. The molecule has 1 aromatic heterocycles. The first kappa shape index (κ1) is 12.9. The molecule has 0 bridgehead atoms. The van der Waals surface area contributed by atoms with E-state index in [1.54, 1.807) is 17.0 Å². The smallest absolute Gasteiger partial charge is 0.253 e. The summed E-state index contributed by atoms with van der Waals surface area (Å²) in [4.78, 5) is 17.5. The van der Waals surface area contributed by atoms with Crippen LogP contribution in [0, 0.1) is 5.95 Å². The van der Waals surface area contributed by atoms with E-state index in [0.717, 1.165) is 6.42 Å². The molecule has 0 spiro atoms. The Kier molecular flexibility index (Phi) is 3.54. The van der Waals surface area contributed by atoms with E-state index in [1.165, 1.54) is 12.3 Å². The number of amides is 1. The normalized spacial score (nSPS) is 21.6. The van der Waals surface area contributed by atoms with Gasteiger partial charge in [-0.2, -0.15) is 9.37 Å². The average Bonchev–Trinajstić information content (AvgIpc) is 3.09. The molecule has 3 rings (SSSR count). The lowest BCUT2D eigenvalue weighted by Crippen LogP contribution is -2.31. The predicted molar refractivity (Wildman–Crippen MR) is 68.5 cm³/mol. The molecule has 0 saturated carbocycles. The van der Waals surface area contributed by atoms with Crippen LogP contribution < -0.4 is 4.74 Å². The summed E-state index contributed by atoms with van der Waals surface area (Å²) in [6, 6.07) is 4.43. The molecule has 5 nitrogen and oxygen atoms in total. The topological polar surface area (TPSA) is 51.7 Å². The number of hydrogen-bond donors (Lipinski definition) is 0. The van der Waals surface area contributed by atoms with E-state index in [-0.39, 0.29) is 17.9 Å². The number of nitrogens with zero attached hydrogens (tertiary/aromatic N) is 2. The Morgan fingerprint density at radius 1 is 1.50 bits per heavy atom. The number of hydrogen-bond acceptors (Lipinski definition) is 4. The Balaban J connectivity index is 1.58. The maximum Gasteiger partial charge on any atom is 0.253 e. The molecule has 2 aliphatic heterocycles. The quantitative estimate of drug-likeness (QED) is 0.786. The lowest BCUT2D eigenvalue weighted by molar-refractivity contribution is -0.126. The van der Waals surface area contributed by atoms with Gasteiger partial charge in [0.25, 0.3) is 5.91 Å². The van der Waals surface area contributed by atoms with E-state index in [2.05, 4.69) is 4.98 Å². The molecule has 2 aliphatic rings. The summed E-state index contributed by atoms with van der Waals surface area (Å²) in [5.74, 6) is -0.310. The van der Waals surface area contributed by atoms with Gasteiger partial charge >= 0.3 is 0 Å². The number of aromatic nitrogens is 1. The molecule has 1 fully saturated rings. The largest absolute Gasteiger partial charge is 0.500 e. The van der Waals surface area contributed by atoms with Gasteiger partial charge in [-0.25, -0.2) is 0 Å². The van der Waals surface area contributed by atoms with Crippen molar-refractivity contribution in [1.29, 1.82) is 0 Å². The molecule has 6 heteroatoms. The lowest BCUT2D eigenvalue weighted by atomic mass is 10.2. The first-order valence-electron chi connectivity index (χ1n) is 6.61. The third-order valence-corrected chi connectivity index (χ3v) is 3.40. The maximum absolute atomic E-state index is 13.0. The minimum absolute atomic E-state index is 0.000742. The molecule has 0 aromatic carbocycles. The molecule has 20 heavy (non-hydrogen) atoms. The van der Waals surface area contributed by atoms with Crippen LogP contribution in [0.4, 0.5) is 4.39 Å². The van der Waals surface area contributed by atoms with E-state index in [4.69, 9.17) is 9.47 Å². The van der Waals surface area contributed by atoms with E-state index in [1.807, 2.05) is 0 Å². The Morgan fingerprint density at radius 2 is 2.40 bits per heavy atom. The summed E-state index contributed by atoms with van der Waals surface area (Å²) >= 11 is 0. The number of carbonyl (C=O) groups is 1. The van der Waals surface area contributed by atoms with Crippen LogP contribution >= 0.6 is 0 Å². The van der Waals surface area contributed by atoms with Crippen molar-refractivity contribution >= 4 is 5.91 Å². The molecule has 0 radical (unpaired) electrons. The van der Waals surface area contributed by atoms with Crippen molar-refractivity contribution in [3.63, 3.8) is 0 Å². The highest BCUT2D eigenvalue weighted by molar-refractivity contribution is 5.93. The number of likely N-dealkylation sites (tertiary alicyclic amines) is 1. The second kappa shape index (κ2) is 5.48. The molecule has 1 unspecified atom stereocenters. The van der Waals surface area contributed by atoms with Crippen LogP contribution in [0.1, 0.15) is 12.8 Å². The fourth-order valence-corrected chi connectivity index (χ4v) is 2.38. The fraction of sp³-hybridized carbons (Fsp3) is 0.429. The van der Waals surface area contributed by atoms with Crippen LogP contribution in [0.3, 0.4) is 0 Å². The molecule has 0 N–H and O–H groups in total. The Hall–Kier alpha value is -2.11. The van der Waals surface area contributed by atoms with E-state index in [0.29, 0.717) is 31.7 Å². The van der Waals surface area contributed by atoms with Crippen LogP contribution in [0.25, 0.3) is 0 Å². The monoisotopic (exact) mass is 278 g/mol. The second-order valence-corrected chi connectivity index (χ2v) is 4.84. The SMILES string of the molecule is O=C(C1=COCC1)N1CCC(Oc2cccc(F)n2)C1. The van der Waals surface area contributed by atoms with E-state index in [9.17, 15) is 9.18 Å². The van der Waals surface area contributed by atoms with Gasteiger partial charge in [0.15, 0.2) is 0 Å². The van der Waals surface area contributed by atoms with Gasteiger partial charge in [-0.3, -0.25) is 4.79 Å². The van der Waals surface area contributed by atoms with Crippen molar-refractivity contribution in [2.75, 3.05) is 19.7 Å². The van der Waals surface area contributed by atoms with E-state index >= 15 is 0 Å². The van der Waals surface area contributed by atoms with Crippen LogP contribution in [-0.2, 0) is 9.53 Å². The predicted octanol–water partition coefficient (Wildman–Crippen LogP) is 1.50. The van der Waals surface area contributed by atoms with E-state index < -0.39 is 5.95 Å². The average molecular weight is 278 g/mol. The van der Waals surface area contributed by atoms with Gasteiger partial charge in [0.1, 0.15) is 6.10 Å². The zero-order valence-electron chi connectivity index (χ0n) is 10.9. The Bertz CT molecular complexity index is 547.